The Kier molecular flexibility index (Phi) is 3.84. The van der Waals surface area contributed by atoms with Crippen LogP contribution >= 0.6 is 0 Å². The first kappa shape index (κ1) is 14.8. The van der Waals surface area contributed by atoms with Gasteiger partial charge in [0.1, 0.15) is 11.4 Å². The fourth-order valence-electron chi connectivity index (χ4n) is 1.78. The number of carboxylic acid groups (broad SMARTS) is 1. The molecule has 1 aromatic carbocycles. The Bertz CT molecular complexity index is 683. The molecule has 0 fully saturated rings. The van der Waals surface area contributed by atoms with E-state index in [1.807, 2.05) is 0 Å². The highest BCUT2D eigenvalue weighted by Gasteiger charge is 2.31. The van der Waals surface area contributed by atoms with Crippen molar-refractivity contribution in [2.45, 2.75) is 6.18 Å². The molecule has 0 aliphatic rings. The van der Waals surface area contributed by atoms with Crippen LogP contribution in [0.4, 0.5) is 13.2 Å². The second-order valence-electron chi connectivity index (χ2n) is 4.13. The highest BCUT2D eigenvalue weighted by Crippen LogP contribution is 2.36. The van der Waals surface area contributed by atoms with Crippen molar-refractivity contribution in [2.75, 3.05) is 7.11 Å². The number of benzene rings is 1. The molecule has 7 heteroatoms. The number of hydrogen-bond donors (Lipinski definition) is 1. The standard InChI is InChI=1S/C14H10F3NO3/c1-21-12-7-8(14(15,16)17)5-6-9(12)10-3-2-4-11(18-10)13(19)20/h2-7H,1H3,(H,19,20). The average molecular weight is 297 g/mol. The van der Waals surface area contributed by atoms with Gasteiger partial charge in [0, 0.05) is 5.56 Å². The van der Waals surface area contributed by atoms with Gasteiger partial charge in [0.15, 0.2) is 0 Å². The molecule has 4 nitrogen and oxygen atoms in total. The lowest BCUT2D eigenvalue weighted by Gasteiger charge is -2.12. The molecular weight excluding hydrogens is 287 g/mol. The van der Waals surface area contributed by atoms with Gasteiger partial charge < -0.3 is 9.84 Å². The Morgan fingerprint density at radius 1 is 1.24 bits per heavy atom. The number of methoxy groups -OCH3 is 1. The number of alkyl halides is 3. The molecule has 1 aromatic heterocycles. The third kappa shape index (κ3) is 3.13. The number of rotatable bonds is 3. The van der Waals surface area contributed by atoms with Crippen LogP contribution in [-0.4, -0.2) is 23.2 Å². The molecule has 0 atom stereocenters. The van der Waals surface area contributed by atoms with Crippen molar-refractivity contribution in [1.29, 1.82) is 0 Å². The predicted molar refractivity (Wildman–Crippen MR) is 68.2 cm³/mol. The van der Waals surface area contributed by atoms with Gasteiger partial charge in [-0.2, -0.15) is 13.2 Å². The van der Waals surface area contributed by atoms with Gasteiger partial charge in [0.25, 0.3) is 0 Å². The molecular formula is C14H10F3NO3. The summed E-state index contributed by atoms with van der Waals surface area (Å²) in [6, 6.07) is 7.20. The molecule has 0 bridgehead atoms. The van der Waals surface area contributed by atoms with Crippen LogP contribution in [0.5, 0.6) is 5.75 Å². The number of halogens is 3. The smallest absolute Gasteiger partial charge is 0.416 e. The molecule has 0 radical (unpaired) electrons. The molecule has 110 valence electrons. The molecule has 0 saturated carbocycles. The maximum absolute atomic E-state index is 12.7. The lowest BCUT2D eigenvalue weighted by atomic mass is 10.1. The second kappa shape index (κ2) is 5.43. The zero-order chi connectivity index (χ0) is 15.6. The highest BCUT2D eigenvalue weighted by atomic mass is 19.4. The average Bonchev–Trinajstić information content (AvgIpc) is 2.45. The highest BCUT2D eigenvalue weighted by molar-refractivity contribution is 5.86. The van der Waals surface area contributed by atoms with Crippen LogP contribution in [0.3, 0.4) is 0 Å². The maximum Gasteiger partial charge on any atom is 0.416 e. The van der Waals surface area contributed by atoms with Gasteiger partial charge in [0.2, 0.25) is 0 Å². The minimum atomic E-state index is -4.48. The lowest BCUT2D eigenvalue weighted by Crippen LogP contribution is -2.06. The fourth-order valence-corrected chi connectivity index (χ4v) is 1.78. The zero-order valence-corrected chi connectivity index (χ0v) is 10.8. The first-order valence-electron chi connectivity index (χ1n) is 5.79. The van der Waals surface area contributed by atoms with Crippen molar-refractivity contribution in [3.8, 4) is 17.0 Å². The van der Waals surface area contributed by atoms with Gasteiger partial charge in [-0.3, -0.25) is 0 Å². The Labute approximate surface area is 117 Å². The molecule has 0 aliphatic heterocycles. The Morgan fingerprint density at radius 2 is 1.95 bits per heavy atom. The summed E-state index contributed by atoms with van der Waals surface area (Å²) in [5, 5.41) is 8.89. The van der Waals surface area contributed by atoms with E-state index in [0.29, 0.717) is 0 Å². The summed E-state index contributed by atoms with van der Waals surface area (Å²) < 4.78 is 42.9. The van der Waals surface area contributed by atoms with E-state index < -0.39 is 17.7 Å². The Hall–Kier alpha value is -2.57. The largest absolute Gasteiger partial charge is 0.496 e. The molecule has 0 unspecified atom stereocenters. The van der Waals surface area contributed by atoms with Gasteiger partial charge in [-0.05, 0) is 30.3 Å². The summed E-state index contributed by atoms with van der Waals surface area (Å²) in [6.45, 7) is 0. The minimum Gasteiger partial charge on any atom is -0.496 e. The maximum atomic E-state index is 12.7. The number of ether oxygens (including phenoxy) is 1. The molecule has 21 heavy (non-hydrogen) atoms. The van der Waals surface area contributed by atoms with E-state index >= 15 is 0 Å². The zero-order valence-electron chi connectivity index (χ0n) is 10.8. The summed E-state index contributed by atoms with van der Waals surface area (Å²) in [6.07, 6.45) is -4.48. The molecule has 0 spiro atoms. The molecule has 2 rings (SSSR count). The van der Waals surface area contributed by atoms with E-state index in [0.717, 1.165) is 12.1 Å². The van der Waals surface area contributed by atoms with Crippen molar-refractivity contribution in [3.05, 3.63) is 47.7 Å². The second-order valence-corrected chi connectivity index (χ2v) is 4.13. The van der Waals surface area contributed by atoms with Gasteiger partial charge in [-0.25, -0.2) is 9.78 Å². The monoisotopic (exact) mass is 297 g/mol. The van der Waals surface area contributed by atoms with E-state index in [2.05, 4.69) is 4.98 Å². The van der Waals surface area contributed by atoms with Gasteiger partial charge in [0.05, 0.1) is 18.4 Å². The number of nitrogens with zero attached hydrogens (tertiary/aromatic N) is 1. The summed E-state index contributed by atoms with van der Waals surface area (Å²) in [4.78, 5) is 14.8. The summed E-state index contributed by atoms with van der Waals surface area (Å²) >= 11 is 0. The topological polar surface area (TPSA) is 59.4 Å². The molecule has 1 heterocycles. The number of carbonyl (C=O) groups is 1. The number of aromatic carboxylic acids is 1. The SMILES string of the molecule is COc1cc(C(F)(F)F)ccc1-c1cccc(C(=O)O)n1. The normalized spacial score (nSPS) is 11.2. The van der Waals surface area contributed by atoms with Gasteiger partial charge >= 0.3 is 12.1 Å². The number of hydrogen-bond acceptors (Lipinski definition) is 3. The lowest BCUT2D eigenvalue weighted by molar-refractivity contribution is -0.137. The van der Waals surface area contributed by atoms with Crippen LogP contribution in [-0.2, 0) is 6.18 Å². The summed E-state index contributed by atoms with van der Waals surface area (Å²) in [5.41, 5.74) is -0.541. The summed E-state index contributed by atoms with van der Waals surface area (Å²) in [5.74, 6) is -1.25. The molecule has 2 aromatic rings. The summed E-state index contributed by atoms with van der Waals surface area (Å²) in [7, 11) is 1.24. The van der Waals surface area contributed by atoms with Crippen LogP contribution in [0, 0.1) is 0 Å². The van der Waals surface area contributed by atoms with Crippen LogP contribution in [0.2, 0.25) is 0 Å². The fraction of sp³-hybridized carbons (Fsp3) is 0.143. The quantitative estimate of drug-likeness (QED) is 0.942. The van der Waals surface area contributed by atoms with E-state index in [4.69, 9.17) is 9.84 Å². The minimum absolute atomic E-state index is 0.0279. The Morgan fingerprint density at radius 3 is 2.52 bits per heavy atom. The van der Waals surface area contributed by atoms with E-state index in [1.54, 1.807) is 0 Å². The first-order chi connectivity index (χ1) is 9.82. The molecule has 0 amide bonds. The van der Waals surface area contributed by atoms with Crippen molar-refractivity contribution in [2.24, 2.45) is 0 Å². The van der Waals surface area contributed by atoms with Crippen molar-refractivity contribution < 1.29 is 27.8 Å². The van der Waals surface area contributed by atoms with Crippen LogP contribution in [0.1, 0.15) is 16.1 Å². The van der Waals surface area contributed by atoms with Crippen molar-refractivity contribution in [1.82, 2.24) is 4.98 Å². The number of aromatic nitrogens is 1. The van der Waals surface area contributed by atoms with E-state index in [-0.39, 0.29) is 22.7 Å². The number of carboxylic acids is 1. The Balaban J connectivity index is 2.54. The van der Waals surface area contributed by atoms with Gasteiger partial charge in [-0.15, -0.1) is 0 Å². The van der Waals surface area contributed by atoms with Crippen LogP contribution in [0.15, 0.2) is 36.4 Å². The number of pyridine rings is 1. The van der Waals surface area contributed by atoms with Crippen LogP contribution in [0.25, 0.3) is 11.3 Å². The molecule has 0 saturated heterocycles. The van der Waals surface area contributed by atoms with Crippen molar-refractivity contribution >= 4 is 5.97 Å². The van der Waals surface area contributed by atoms with E-state index in [1.165, 1.54) is 31.4 Å². The predicted octanol–water partition coefficient (Wildman–Crippen LogP) is 3.47. The molecule has 1 N–H and O–H groups in total. The van der Waals surface area contributed by atoms with Crippen LogP contribution < -0.4 is 4.74 Å². The first-order valence-corrected chi connectivity index (χ1v) is 5.79. The van der Waals surface area contributed by atoms with Gasteiger partial charge in [-0.1, -0.05) is 6.07 Å². The third-order valence-electron chi connectivity index (χ3n) is 2.77. The third-order valence-corrected chi connectivity index (χ3v) is 2.77. The van der Waals surface area contributed by atoms with E-state index in [9.17, 15) is 18.0 Å². The molecule has 0 aliphatic carbocycles. The van der Waals surface area contributed by atoms with Crippen molar-refractivity contribution in [3.63, 3.8) is 0 Å².